The van der Waals surface area contributed by atoms with Gasteiger partial charge in [0.1, 0.15) is 6.04 Å². The molecule has 0 aromatic rings. The Morgan fingerprint density at radius 2 is 2.33 bits per heavy atom. The van der Waals surface area contributed by atoms with Crippen LogP contribution in [0.25, 0.3) is 0 Å². The van der Waals surface area contributed by atoms with Crippen LogP contribution in [0.2, 0.25) is 0 Å². The molecular formula is C9H17NO2. The first-order chi connectivity index (χ1) is 5.66. The summed E-state index contributed by atoms with van der Waals surface area (Å²) in [4.78, 5) is 10.7. The number of carboxylic acids is 1. The van der Waals surface area contributed by atoms with Crippen molar-refractivity contribution < 1.29 is 9.90 Å². The maximum atomic E-state index is 10.7. The fraction of sp³-hybridized carbons (Fsp3) is 0.889. The van der Waals surface area contributed by atoms with Gasteiger partial charge in [-0.05, 0) is 24.8 Å². The van der Waals surface area contributed by atoms with Gasteiger partial charge in [-0.2, -0.15) is 0 Å². The third-order valence-electron chi connectivity index (χ3n) is 2.79. The van der Waals surface area contributed by atoms with Crippen LogP contribution < -0.4 is 5.32 Å². The average molecular weight is 171 g/mol. The summed E-state index contributed by atoms with van der Waals surface area (Å²) >= 11 is 0. The highest BCUT2D eigenvalue weighted by Crippen LogP contribution is 2.25. The van der Waals surface area contributed by atoms with Gasteiger partial charge in [-0.15, -0.1) is 0 Å². The lowest BCUT2D eigenvalue weighted by Gasteiger charge is -2.15. The van der Waals surface area contributed by atoms with Crippen LogP contribution in [0, 0.1) is 11.8 Å². The predicted octanol–water partition coefficient (Wildman–Crippen LogP) is 1.10. The molecule has 0 bridgehead atoms. The molecule has 0 aromatic carbocycles. The van der Waals surface area contributed by atoms with Gasteiger partial charge in [0, 0.05) is 0 Å². The number of nitrogens with one attached hydrogen (secondary N) is 1. The maximum Gasteiger partial charge on any atom is 0.320 e. The highest BCUT2D eigenvalue weighted by molar-refractivity contribution is 5.74. The Morgan fingerprint density at radius 1 is 1.67 bits per heavy atom. The molecule has 1 aliphatic rings. The van der Waals surface area contributed by atoms with Crippen LogP contribution in [0.4, 0.5) is 0 Å². The van der Waals surface area contributed by atoms with E-state index in [1.54, 1.807) is 0 Å². The van der Waals surface area contributed by atoms with Crippen LogP contribution in [-0.2, 0) is 4.79 Å². The van der Waals surface area contributed by atoms with Crippen LogP contribution in [0.15, 0.2) is 0 Å². The van der Waals surface area contributed by atoms with E-state index in [0.29, 0.717) is 5.92 Å². The van der Waals surface area contributed by atoms with Crippen molar-refractivity contribution in [1.82, 2.24) is 5.32 Å². The minimum Gasteiger partial charge on any atom is -0.480 e. The Kier molecular flexibility index (Phi) is 3.09. The van der Waals surface area contributed by atoms with Gasteiger partial charge in [-0.25, -0.2) is 0 Å². The van der Waals surface area contributed by atoms with Gasteiger partial charge >= 0.3 is 5.97 Å². The van der Waals surface area contributed by atoms with Crippen LogP contribution in [-0.4, -0.2) is 23.7 Å². The summed E-state index contributed by atoms with van der Waals surface area (Å²) in [6, 6.07) is -0.318. The average Bonchev–Trinajstić information content (AvgIpc) is 2.34. The molecule has 1 saturated heterocycles. The zero-order valence-electron chi connectivity index (χ0n) is 7.71. The molecular weight excluding hydrogens is 154 g/mol. The maximum absolute atomic E-state index is 10.7. The van der Waals surface area contributed by atoms with Crippen molar-refractivity contribution in [3.63, 3.8) is 0 Å². The first kappa shape index (κ1) is 9.52. The Hall–Kier alpha value is -0.570. The minimum atomic E-state index is -0.707. The van der Waals surface area contributed by atoms with Crippen LogP contribution in [0.5, 0.6) is 0 Å². The Morgan fingerprint density at radius 3 is 2.75 bits per heavy atom. The predicted molar refractivity (Wildman–Crippen MR) is 47.0 cm³/mol. The molecule has 0 amide bonds. The minimum absolute atomic E-state index is 0.280. The normalized spacial score (nSPS) is 35.3. The van der Waals surface area contributed by atoms with Gasteiger partial charge in [0.2, 0.25) is 0 Å². The number of carbonyl (C=O) groups is 1. The van der Waals surface area contributed by atoms with E-state index in [0.717, 1.165) is 19.4 Å². The number of carboxylic acid groups (broad SMARTS) is 1. The zero-order chi connectivity index (χ0) is 9.14. The molecule has 0 spiro atoms. The SMILES string of the molecule is CCCC1CNC(C(=O)O)C1C. The lowest BCUT2D eigenvalue weighted by Crippen LogP contribution is -2.34. The second-order valence-corrected chi connectivity index (χ2v) is 3.63. The highest BCUT2D eigenvalue weighted by atomic mass is 16.4. The molecule has 0 aromatic heterocycles. The van der Waals surface area contributed by atoms with E-state index in [2.05, 4.69) is 12.2 Å². The molecule has 12 heavy (non-hydrogen) atoms. The fourth-order valence-corrected chi connectivity index (χ4v) is 1.97. The van der Waals surface area contributed by atoms with Gasteiger partial charge in [-0.3, -0.25) is 4.79 Å². The van der Waals surface area contributed by atoms with Crippen molar-refractivity contribution in [3.05, 3.63) is 0 Å². The number of hydrogen-bond acceptors (Lipinski definition) is 2. The van der Waals surface area contributed by atoms with Gasteiger partial charge in [0.15, 0.2) is 0 Å². The molecule has 70 valence electrons. The summed E-state index contributed by atoms with van der Waals surface area (Å²) in [5, 5.41) is 11.8. The van der Waals surface area contributed by atoms with Gasteiger partial charge < -0.3 is 10.4 Å². The molecule has 3 nitrogen and oxygen atoms in total. The second kappa shape index (κ2) is 3.90. The van der Waals surface area contributed by atoms with Crippen molar-refractivity contribution in [2.75, 3.05) is 6.54 Å². The third-order valence-corrected chi connectivity index (χ3v) is 2.79. The molecule has 1 rings (SSSR count). The zero-order valence-corrected chi connectivity index (χ0v) is 7.71. The second-order valence-electron chi connectivity index (χ2n) is 3.63. The van der Waals surface area contributed by atoms with Crippen LogP contribution >= 0.6 is 0 Å². The van der Waals surface area contributed by atoms with Crippen LogP contribution in [0.1, 0.15) is 26.7 Å². The molecule has 3 heteroatoms. The van der Waals surface area contributed by atoms with Crippen molar-refractivity contribution in [1.29, 1.82) is 0 Å². The lowest BCUT2D eigenvalue weighted by atomic mass is 9.89. The van der Waals surface area contributed by atoms with E-state index in [9.17, 15) is 4.79 Å². The largest absolute Gasteiger partial charge is 0.480 e. The summed E-state index contributed by atoms with van der Waals surface area (Å²) < 4.78 is 0. The first-order valence-corrected chi connectivity index (χ1v) is 4.63. The summed E-state index contributed by atoms with van der Waals surface area (Å²) in [6.45, 7) is 5.03. The highest BCUT2D eigenvalue weighted by Gasteiger charge is 2.35. The Balaban J connectivity index is 2.48. The quantitative estimate of drug-likeness (QED) is 0.668. The fourth-order valence-electron chi connectivity index (χ4n) is 1.97. The number of aliphatic carboxylic acids is 1. The molecule has 2 N–H and O–H groups in total. The number of rotatable bonds is 3. The lowest BCUT2D eigenvalue weighted by molar-refractivity contribution is -0.140. The first-order valence-electron chi connectivity index (χ1n) is 4.63. The third kappa shape index (κ3) is 1.78. The summed E-state index contributed by atoms with van der Waals surface area (Å²) in [7, 11) is 0. The van der Waals surface area contributed by atoms with Crippen LogP contribution in [0.3, 0.4) is 0 Å². The summed E-state index contributed by atoms with van der Waals surface area (Å²) in [5.74, 6) is 0.125. The van der Waals surface area contributed by atoms with Crippen molar-refractivity contribution >= 4 is 5.97 Å². The number of hydrogen-bond donors (Lipinski definition) is 2. The standard InChI is InChI=1S/C9H17NO2/c1-3-4-7-5-10-8(6(7)2)9(11)12/h6-8,10H,3-5H2,1-2H3,(H,11,12). The Labute approximate surface area is 73.2 Å². The molecule has 1 fully saturated rings. The summed E-state index contributed by atoms with van der Waals surface area (Å²) in [6.07, 6.45) is 2.28. The monoisotopic (exact) mass is 171 g/mol. The van der Waals surface area contributed by atoms with Crippen molar-refractivity contribution in [2.24, 2.45) is 11.8 Å². The molecule has 1 aliphatic heterocycles. The van der Waals surface area contributed by atoms with Gasteiger partial charge in [0.25, 0.3) is 0 Å². The topological polar surface area (TPSA) is 49.3 Å². The molecule has 0 saturated carbocycles. The molecule has 3 atom stereocenters. The van der Waals surface area contributed by atoms with E-state index in [1.807, 2.05) is 6.92 Å². The molecule has 3 unspecified atom stereocenters. The summed E-state index contributed by atoms with van der Waals surface area (Å²) in [5.41, 5.74) is 0. The van der Waals surface area contributed by atoms with E-state index in [4.69, 9.17) is 5.11 Å². The van der Waals surface area contributed by atoms with Gasteiger partial charge in [0.05, 0.1) is 0 Å². The molecule has 1 heterocycles. The van der Waals surface area contributed by atoms with E-state index in [-0.39, 0.29) is 12.0 Å². The van der Waals surface area contributed by atoms with Gasteiger partial charge in [-0.1, -0.05) is 20.3 Å². The van der Waals surface area contributed by atoms with Crippen molar-refractivity contribution in [2.45, 2.75) is 32.7 Å². The smallest absolute Gasteiger partial charge is 0.320 e. The van der Waals surface area contributed by atoms with E-state index >= 15 is 0 Å². The van der Waals surface area contributed by atoms with E-state index in [1.165, 1.54) is 0 Å². The molecule has 0 radical (unpaired) electrons. The Bertz CT molecular complexity index is 170. The van der Waals surface area contributed by atoms with Crippen molar-refractivity contribution in [3.8, 4) is 0 Å². The molecule has 0 aliphatic carbocycles. The van der Waals surface area contributed by atoms with E-state index < -0.39 is 5.97 Å².